The van der Waals surface area contributed by atoms with E-state index >= 15 is 0 Å². The number of nitro groups is 1. The van der Waals surface area contributed by atoms with E-state index in [-0.39, 0.29) is 5.69 Å². The Kier molecular flexibility index (Phi) is 3.84. The number of hydrogen-bond acceptors (Lipinski definition) is 4. The largest absolute Gasteiger partial charge is 0.477 e. The van der Waals surface area contributed by atoms with Crippen LogP contribution in [-0.2, 0) is 0 Å². The third-order valence-corrected chi connectivity index (χ3v) is 3.00. The van der Waals surface area contributed by atoms with Crippen LogP contribution >= 0.6 is 0 Å². The van der Waals surface area contributed by atoms with E-state index in [1.54, 1.807) is 37.4 Å². The standard InChI is InChI=1S/C14H11FN2O4/c1-16(9-5-3-2-4-6-9)13-7-10(14(18)19)12(17(20)21)8-11(13)15/h2-8H,1H3,(H,18,19). The lowest BCUT2D eigenvalue weighted by Crippen LogP contribution is -2.13. The van der Waals surface area contributed by atoms with Crippen molar-refractivity contribution in [1.82, 2.24) is 0 Å². The lowest BCUT2D eigenvalue weighted by atomic mass is 10.1. The molecule has 0 saturated heterocycles. The monoisotopic (exact) mass is 290 g/mol. The molecule has 0 amide bonds. The molecule has 2 aromatic carbocycles. The van der Waals surface area contributed by atoms with Gasteiger partial charge in [0, 0.05) is 12.7 Å². The molecule has 0 heterocycles. The van der Waals surface area contributed by atoms with Crippen molar-refractivity contribution >= 4 is 23.0 Å². The van der Waals surface area contributed by atoms with Crippen molar-refractivity contribution in [2.75, 3.05) is 11.9 Å². The molecule has 2 rings (SSSR count). The van der Waals surface area contributed by atoms with Gasteiger partial charge in [0.15, 0.2) is 5.82 Å². The molecule has 0 aliphatic carbocycles. The van der Waals surface area contributed by atoms with Gasteiger partial charge < -0.3 is 10.0 Å². The Morgan fingerprint density at radius 2 is 1.90 bits per heavy atom. The van der Waals surface area contributed by atoms with Gasteiger partial charge in [0.1, 0.15) is 5.56 Å². The SMILES string of the molecule is CN(c1ccccc1)c1cc(C(=O)O)c([N+](=O)[O-])cc1F. The minimum Gasteiger partial charge on any atom is -0.477 e. The van der Waals surface area contributed by atoms with Crippen LogP contribution in [0.15, 0.2) is 42.5 Å². The number of carboxylic acids is 1. The van der Waals surface area contributed by atoms with Crippen LogP contribution in [0.3, 0.4) is 0 Å². The highest BCUT2D eigenvalue weighted by atomic mass is 19.1. The fraction of sp³-hybridized carbons (Fsp3) is 0.0714. The predicted octanol–water partition coefficient (Wildman–Crippen LogP) is 3.20. The molecule has 0 aliphatic rings. The molecule has 0 fully saturated rings. The van der Waals surface area contributed by atoms with Crippen molar-refractivity contribution in [3.63, 3.8) is 0 Å². The number of halogens is 1. The van der Waals surface area contributed by atoms with Gasteiger partial charge in [-0.3, -0.25) is 10.1 Å². The van der Waals surface area contributed by atoms with Crippen LogP contribution in [0.4, 0.5) is 21.5 Å². The number of hydrogen-bond donors (Lipinski definition) is 1. The van der Waals surface area contributed by atoms with Gasteiger partial charge in [0.25, 0.3) is 5.69 Å². The molecule has 1 N–H and O–H groups in total. The molecule has 0 atom stereocenters. The maximum absolute atomic E-state index is 14.1. The topological polar surface area (TPSA) is 83.7 Å². The van der Waals surface area contributed by atoms with Crippen molar-refractivity contribution in [2.45, 2.75) is 0 Å². The number of anilines is 2. The maximum atomic E-state index is 14.1. The number of aromatic carboxylic acids is 1. The summed E-state index contributed by atoms with van der Waals surface area (Å²) < 4.78 is 14.1. The highest BCUT2D eigenvalue weighted by Crippen LogP contribution is 2.31. The fourth-order valence-electron chi connectivity index (χ4n) is 1.92. The van der Waals surface area contributed by atoms with Crippen molar-refractivity contribution in [2.24, 2.45) is 0 Å². The number of para-hydroxylation sites is 1. The molecule has 21 heavy (non-hydrogen) atoms. The third kappa shape index (κ3) is 2.81. The number of rotatable bonds is 4. The highest BCUT2D eigenvalue weighted by Gasteiger charge is 2.24. The first-order valence-corrected chi connectivity index (χ1v) is 5.92. The van der Waals surface area contributed by atoms with E-state index in [4.69, 9.17) is 5.11 Å². The van der Waals surface area contributed by atoms with Crippen molar-refractivity contribution in [3.8, 4) is 0 Å². The summed E-state index contributed by atoms with van der Waals surface area (Å²) in [7, 11) is 1.55. The van der Waals surface area contributed by atoms with Crippen LogP contribution in [0.1, 0.15) is 10.4 Å². The second-order valence-corrected chi connectivity index (χ2v) is 4.28. The number of benzene rings is 2. The first kappa shape index (κ1) is 14.4. The van der Waals surface area contributed by atoms with Crippen molar-refractivity contribution in [3.05, 3.63) is 64.0 Å². The average molecular weight is 290 g/mol. The average Bonchev–Trinajstić information content (AvgIpc) is 2.46. The second kappa shape index (κ2) is 5.58. The summed E-state index contributed by atoms with van der Waals surface area (Å²) in [5.41, 5.74) is -0.754. The molecular weight excluding hydrogens is 279 g/mol. The summed E-state index contributed by atoms with van der Waals surface area (Å²) in [6.45, 7) is 0. The first-order chi connectivity index (χ1) is 9.91. The Labute approximate surface area is 119 Å². The molecule has 6 nitrogen and oxygen atoms in total. The molecular formula is C14H11FN2O4. The normalized spacial score (nSPS) is 10.2. The van der Waals surface area contributed by atoms with Crippen molar-refractivity contribution in [1.29, 1.82) is 0 Å². The molecule has 0 unspecified atom stereocenters. The van der Waals surface area contributed by atoms with Gasteiger partial charge in [0.05, 0.1) is 16.7 Å². The Balaban J connectivity index is 2.57. The predicted molar refractivity (Wildman–Crippen MR) is 74.5 cm³/mol. The van der Waals surface area contributed by atoms with Crippen LogP contribution < -0.4 is 4.90 Å². The van der Waals surface area contributed by atoms with Crippen LogP contribution in [0.5, 0.6) is 0 Å². The van der Waals surface area contributed by atoms with Crippen LogP contribution in [-0.4, -0.2) is 23.0 Å². The molecule has 0 aliphatic heterocycles. The third-order valence-electron chi connectivity index (χ3n) is 3.00. The smallest absolute Gasteiger partial charge is 0.342 e. The van der Waals surface area contributed by atoms with Gasteiger partial charge in [-0.25, -0.2) is 9.18 Å². The molecule has 0 aromatic heterocycles. The number of carboxylic acid groups (broad SMARTS) is 1. The summed E-state index contributed by atoms with van der Waals surface area (Å²) in [4.78, 5) is 22.4. The molecule has 108 valence electrons. The van der Waals surface area contributed by atoms with E-state index in [0.29, 0.717) is 11.8 Å². The highest BCUT2D eigenvalue weighted by molar-refractivity contribution is 5.94. The van der Waals surface area contributed by atoms with E-state index < -0.39 is 28.0 Å². The van der Waals surface area contributed by atoms with E-state index in [0.717, 1.165) is 6.07 Å². The molecule has 0 spiro atoms. The molecule has 0 bridgehead atoms. The Hall–Kier alpha value is -2.96. The van der Waals surface area contributed by atoms with Crippen LogP contribution in [0, 0.1) is 15.9 Å². The lowest BCUT2D eigenvalue weighted by Gasteiger charge is -2.20. The Morgan fingerprint density at radius 3 is 2.43 bits per heavy atom. The summed E-state index contributed by atoms with van der Waals surface area (Å²) >= 11 is 0. The Bertz CT molecular complexity index is 704. The van der Waals surface area contributed by atoms with E-state index in [9.17, 15) is 19.3 Å². The van der Waals surface area contributed by atoms with Gasteiger partial charge >= 0.3 is 5.97 Å². The van der Waals surface area contributed by atoms with E-state index in [1.165, 1.54) is 4.90 Å². The second-order valence-electron chi connectivity index (χ2n) is 4.28. The van der Waals surface area contributed by atoms with Gasteiger partial charge in [-0.05, 0) is 18.2 Å². The van der Waals surface area contributed by atoms with Crippen LogP contribution in [0.2, 0.25) is 0 Å². The Morgan fingerprint density at radius 1 is 1.29 bits per heavy atom. The van der Waals surface area contributed by atoms with Gasteiger partial charge in [-0.2, -0.15) is 0 Å². The van der Waals surface area contributed by atoms with Gasteiger partial charge in [-0.15, -0.1) is 0 Å². The maximum Gasteiger partial charge on any atom is 0.342 e. The summed E-state index contributed by atoms with van der Waals surface area (Å²) in [6.07, 6.45) is 0. The van der Waals surface area contributed by atoms with E-state index in [1.807, 2.05) is 0 Å². The lowest BCUT2D eigenvalue weighted by molar-refractivity contribution is -0.385. The quantitative estimate of drug-likeness (QED) is 0.690. The zero-order valence-corrected chi connectivity index (χ0v) is 11.0. The summed E-state index contributed by atoms with van der Waals surface area (Å²) in [5.74, 6) is -2.34. The zero-order valence-electron chi connectivity index (χ0n) is 11.0. The zero-order chi connectivity index (χ0) is 15.6. The number of nitro benzene ring substituents is 1. The molecule has 2 aromatic rings. The fourth-order valence-corrected chi connectivity index (χ4v) is 1.92. The van der Waals surface area contributed by atoms with Gasteiger partial charge in [0.2, 0.25) is 0 Å². The van der Waals surface area contributed by atoms with Gasteiger partial charge in [-0.1, -0.05) is 18.2 Å². The molecule has 7 heteroatoms. The van der Waals surface area contributed by atoms with Crippen molar-refractivity contribution < 1.29 is 19.2 Å². The minimum absolute atomic E-state index is 0.0517. The number of nitrogens with zero attached hydrogens (tertiary/aromatic N) is 2. The summed E-state index contributed by atoms with van der Waals surface area (Å²) in [6, 6.07) is 10.3. The van der Waals surface area contributed by atoms with E-state index in [2.05, 4.69) is 0 Å². The van der Waals surface area contributed by atoms with Crippen LogP contribution in [0.25, 0.3) is 0 Å². The number of carbonyl (C=O) groups is 1. The molecule has 0 radical (unpaired) electrons. The molecule has 0 saturated carbocycles. The minimum atomic E-state index is -1.48. The summed E-state index contributed by atoms with van der Waals surface area (Å²) in [5, 5.41) is 19.8. The first-order valence-electron chi connectivity index (χ1n) is 5.92.